The zero-order valence-corrected chi connectivity index (χ0v) is 28.0. The van der Waals surface area contributed by atoms with Gasteiger partial charge in [0.05, 0.1) is 29.8 Å². The Morgan fingerprint density at radius 3 is 2.37 bits per heavy atom. The molecular formula is C34H42N5O6P. The number of anilines is 1. The van der Waals surface area contributed by atoms with Crippen LogP contribution in [0.1, 0.15) is 53.4 Å². The molecule has 0 fully saturated rings. The molecule has 5 rings (SSSR count). The summed E-state index contributed by atoms with van der Waals surface area (Å²) in [6, 6.07) is 19.4. The number of nitrogen functional groups attached to an aromatic ring is 1. The third-order valence-electron chi connectivity index (χ3n) is 7.60. The summed E-state index contributed by atoms with van der Waals surface area (Å²) in [6.07, 6.45) is -0.351. The van der Waals surface area contributed by atoms with Gasteiger partial charge in [-0.25, -0.2) is 14.5 Å². The maximum atomic E-state index is 14.7. The monoisotopic (exact) mass is 647 g/mol. The van der Waals surface area contributed by atoms with Crippen LogP contribution in [0.25, 0.3) is 32.7 Å². The Bertz CT molecular complexity index is 1890. The van der Waals surface area contributed by atoms with E-state index in [9.17, 15) is 9.36 Å². The number of carbonyl (C=O) groups excluding carboxylic acids is 1. The molecule has 0 bridgehead atoms. The van der Waals surface area contributed by atoms with Crippen LogP contribution < -0.4 is 15.3 Å². The molecule has 0 radical (unpaired) electrons. The molecule has 0 saturated heterocycles. The Morgan fingerprint density at radius 2 is 1.65 bits per heavy atom. The fourth-order valence-electron chi connectivity index (χ4n) is 5.38. The lowest BCUT2D eigenvalue weighted by atomic mass is 10.0. The number of para-hydroxylation sites is 1. The van der Waals surface area contributed by atoms with Gasteiger partial charge in [0.25, 0.3) is 0 Å². The van der Waals surface area contributed by atoms with E-state index in [0.29, 0.717) is 29.5 Å². The molecule has 2 heterocycles. The summed E-state index contributed by atoms with van der Waals surface area (Å²) < 4.78 is 40.4. The summed E-state index contributed by atoms with van der Waals surface area (Å²) in [5.74, 6) is 0.692. The van der Waals surface area contributed by atoms with Crippen molar-refractivity contribution in [1.29, 1.82) is 0 Å². The van der Waals surface area contributed by atoms with Gasteiger partial charge in [-0.1, -0.05) is 68.4 Å². The van der Waals surface area contributed by atoms with E-state index < -0.39 is 25.8 Å². The van der Waals surface area contributed by atoms with Crippen molar-refractivity contribution in [3.05, 3.63) is 72.6 Å². The van der Waals surface area contributed by atoms with Crippen molar-refractivity contribution in [2.75, 3.05) is 18.9 Å². The summed E-state index contributed by atoms with van der Waals surface area (Å²) in [5, 5.41) is 5.36. The van der Waals surface area contributed by atoms with Crippen molar-refractivity contribution in [3.63, 3.8) is 0 Å². The topological polar surface area (TPSA) is 140 Å². The first-order valence-electron chi connectivity index (χ1n) is 15.5. The molecule has 11 nitrogen and oxygen atoms in total. The number of nitrogens with one attached hydrogen (secondary N) is 1. The molecule has 1 unspecified atom stereocenters. The number of ether oxygens (including phenoxy) is 2. The largest absolute Gasteiger partial charge is 0.462 e. The summed E-state index contributed by atoms with van der Waals surface area (Å²) in [6.45, 7) is 11.7. The van der Waals surface area contributed by atoms with Gasteiger partial charge in [0.2, 0.25) is 0 Å². The van der Waals surface area contributed by atoms with Gasteiger partial charge in [-0.05, 0) is 51.1 Å². The number of hydrogen-bond acceptors (Lipinski definition) is 9. The van der Waals surface area contributed by atoms with E-state index in [2.05, 4.69) is 14.6 Å². The van der Waals surface area contributed by atoms with Crippen LogP contribution in [0.2, 0.25) is 0 Å². The number of aromatic nitrogens is 3. The van der Waals surface area contributed by atoms with Crippen molar-refractivity contribution >= 4 is 52.2 Å². The van der Waals surface area contributed by atoms with E-state index in [4.69, 9.17) is 29.2 Å². The van der Waals surface area contributed by atoms with E-state index in [1.807, 2.05) is 81.4 Å². The normalized spacial score (nSPS) is 14.6. The number of hydrogen-bond donors (Lipinski definition) is 2. The van der Waals surface area contributed by atoms with Gasteiger partial charge in [0, 0.05) is 17.4 Å². The molecule has 0 amide bonds. The lowest BCUT2D eigenvalue weighted by Crippen LogP contribution is -2.36. The van der Waals surface area contributed by atoms with Crippen molar-refractivity contribution < 1.29 is 27.9 Å². The highest BCUT2D eigenvalue weighted by Crippen LogP contribution is 2.48. The van der Waals surface area contributed by atoms with Crippen LogP contribution in [0.3, 0.4) is 0 Å². The Hall–Kier alpha value is -4.02. The molecule has 3 aromatic carbocycles. The number of esters is 1. The first-order chi connectivity index (χ1) is 22.0. The van der Waals surface area contributed by atoms with Crippen molar-refractivity contribution in [2.45, 2.75) is 66.3 Å². The maximum absolute atomic E-state index is 14.7. The highest BCUT2D eigenvalue weighted by molar-refractivity contribution is 7.52. The molecule has 12 heteroatoms. The van der Waals surface area contributed by atoms with Gasteiger partial charge in [0.15, 0.2) is 5.82 Å². The summed E-state index contributed by atoms with van der Waals surface area (Å²) in [5.41, 5.74) is 8.49. The zero-order chi connectivity index (χ0) is 33.0. The Morgan fingerprint density at radius 1 is 0.957 bits per heavy atom. The number of rotatable bonds is 14. The van der Waals surface area contributed by atoms with Gasteiger partial charge in [-0.2, -0.15) is 5.09 Å². The average molecular weight is 648 g/mol. The van der Waals surface area contributed by atoms with Crippen LogP contribution in [0.5, 0.6) is 5.75 Å². The van der Waals surface area contributed by atoms with E-state index >= 15 is 0 Å². The minimum absolute atomic E-state index is 0.0275. The van der Waals surface area contributed by atoms with Gasteiger partial charge >= 0.3 is 13.7 Å². The molecule has 3 N–H and O–H groups in total. The number of pyridine rings is 1. The lowest BCUT2D eigenvalue weighted by molar-refractivity contribution is -0.149. The van der Waals surface area contributed by atoms with Crippen LogP contribution in [0, 0.1) is 5.92 Å². The molecule has 2 aromatic heterocycles. The quantitative estimate of drug-likeness (QED) is 0.0940. The summed E-state index contributed by atoms with van der Waals surface area (Å²) in [7, 11) is -4.20. The fraction of sp³-hybridized carbons (Fsp3) is 0.382. The standard InChI is InChI=1S/C34H42N5O6P/c1-7-42-20-30-37-31-32(26-16-10-11-17-27(26)36-33(31)35)39(30)28(21(2)3)19-43-46(41,38-23(6)34(40)44-22(4)5)45-29-18-12-14-24-13-8-9-15-25(24)29/h8-18,21-23,28H,7,19-20H2,1-6H3,(H2,35,36)(H,38,41)/t23-,28-,46?/m0/s1. The predicted molar refractivity (Wildman–Crippen MR) is 181 cm³/mol. The second-order valence-electron chi connectivity index (χ2n) is 11.8. The highest BCUT2D eigenvalue weighted by Gasteiger charge is 2.35. The van der Waals surface area contributed by atoms with E-state index in [0.717, 1.165) is 27.2 Å². The van der Waals surface area contributed by atoms with E-state index in [-0.39, 0.29) is 25.2 Å². The molecule has 0 saturated carbocycles. The van der Waals surface area contributed by atoms with Gasteiger partial charge in [-0.3, -0.25) is 9.32 Å². The zero-order valence-electron chi connectivity index (χ0n) is 27.1. The smallest absolute Gasteiger partial charge is 0.459 e. The third-order valence-corrected chi connectivity index (χ3v) is 9.23. The molecule has 0 aliphatic rings. The molecule has 46 heavy (non-hydrogen) atoms. The van der Waals surface area contributed by atoms with Gasteiger partial charge in [-0.15, -0.1) is 0 Å². The van der Waals surface area contributed by atoms with Crippen LogP contribution in [0.15, 0.2) is 66.7 Å². The van der Waals surface area contributed by atoms with Crippen molar-refractivity contribution in [2.24, 2.45) is 5.92 Å². The minimum atomic E-state index is -4.20. The predicted octanol–water partition coefficient (Wildman–Crippen LogP) is 7.19. The van der Waals surface area contributed by atoms with Crippen LogP contribution in [0.4, 0.5) is 5.82 Å². The first kappa shape index (κ1) is 33.3. The third kappa shape index (κ3) is 7.18. The highest BCUT2D eigenvalue weighted by atomic mass is 31.2. The van der Waals surface area contributed by atoms with Crippen molar-refractivity contribution in [1.82, 2.24) is 19.6 Å². The second-order valence-corrected chi connectivity index (χ2v) is 13.5. The average Bonchev–Trinajstić information content (AvgIpc) is 3.39. The molecular weight excluding hydrogens is 605 g/mol. The summed E-state index contributed by atoms with van der Waals surface area (Å²) in [4.78, 5) is 22.3. The Labute approximate surface area is 269 Å². The molecule has 244 valence electrons. The molecule has 0 spiro atoms. The molecule has 5 aromatic rings. The van der Waals surface area contributed by atoms with Crippen LogP contribution in [-0.4, -0.2) is 45.9 Å². The minimum Gasteiger partial charge on any atom is -0.462 e. The van der Waals surface area contributed by atoms with Crippen molar-refractivity contribution in [3.8, 4) is 5.75 Å². The Balaban J connectivity index is 1.57. The molecule has 0 aliphatic carbocycles. The van der Waals surface area contributed by atoms with E-state index in [1.54, 1.807) is 26.8 Å². The number of fused-ring (bicyclic) bond motifs is 4. The number of nitrogens with zero attached hydrogens (tertiary/aromatic N) is 3. The molecule has 3 atom stereocenters. The first-order valence-corrected chi connectivity index (χ1v) is 17.1. The number of imidazole rings is 1. The summed E-state index contributed by atoms with van der Waals surface area (Å²) >= 11 is 0. The SMILES string of the molecule is CCOCc1nc2c(N)nc3ccccc3c2n1[C@@H](COP(=O)(N[C@@H](C)C(=O)OC(C)C)Oc1cccc2ccccc12)C(C)C. The van der Waals surface area contributed by atoms with E-state index in [1.165, 1.54) is 0 Å². The lowest BCUT2D eigenvalue weighted by Gasteiger charge is -2.29. The maximum Gasteiger partial charge on any atom is 0.459 e. The van der Waals surface area contributed by atoms with Gasteiger partial charge < -0.3 is 24.3 Å². The number of benzene rings is 3. The van der Waals surface area contributed by atoms with Crippen LogP contribution in [-0.2, 0) is 30.0 Å². The second kappa shape index (κ2) is 14.2. The molecule has 0 aliphatic heterocycles. The van der Waals surface area contributed by atoms with Crippen LogP contribution >= 0.6 is 7.75 Å². The Kier molecular flexibility index (Phi) is 10.3. The fourth-order valence-corrected chi connectivity index (χ4v) is 6.91. The number of nitrogens with two attached hydrogens (primary N) is 1. The van der Waals surface area contributed by atoms with Gasteiger partial charge in [0.1, 0.15) is 29.7 Å². The number of carbonyl (C=O) groups is 1.